The van der Waals surface area contributed by atoms with Crippen LogP contribution in [0.3, 0.4) is 0 Å². The Kier molecular flexibility index (Phi) is 5.07. The van der Waals surface area contributed by atoms with Crippen LogP contribution in [-0.2, 0) is 7.05 Å². The van der Waals surface area contributed by atoms with Crippen LogP contribution in [0.15, 0.2) is 30.3 Å². The van der Waals surface area contributed by atoms with Gasteiger partial charge in [0.2, 0.25) is 0 Å². The Morgan fingerprint density at radius 1 is 1.20 bits per heavy atom. The van der Waals surface area contributed by atoms with Crippen LogP contribution in [0.4, 0.5) is 16.3 Å². The summed E-state index contributed by atoms with van der Waals surface area (Å²) in [6, 6.07) is 6.94. The molecule has 1 heterocycles. The molecule has 0 unspecified atom stereocenters. The molecule has 0 atom stereocenters. The summed E-state index contributed by atoms with van der Waals surface area (Å²) in [5.74, 6) is 1.48. The fourth-order valence-electron chi connectivity index (χ4n) is 3.20. The minimum absolute atomic E-state index is 0.286. The van der Waals surface area contributed by atoms with E-state index < -0.39 is 0 Å². The van der Waals surface area contributed by atoms with Gasteiger partial charge in [-0.25, -0.2) is 4.79 Å². The minimum Gasteiger partial charge on any atom is -0.497 e. The van der Waals surface area contributed by atoms with Crippen molar-refractivity contribution in [3.05, 3.63) is 41.6 Å². The third-order valence-electron chi connectivity index (χ3n) is 4.41. The van der Waals surface area contributed by atoms with Gasteiger partial charge < -0.3 is 10.1 Å². The fourth-order valence-corrected chi connectivity index (χ4v) is 3.20. The van der Waals surface area contributed by atoms with E-state index in [1.54, 1.807) is 23.9 Å². The van der Waals surface area contributed by atoms with Crippen molar-refractivity contribution < 1.29 is 9.53 Å². The Balaban J connectivity index is 1.77. The number of allylic oxidation sites excluding steroid dienone is 2. The molecule has 0 bridgehead atoms. The normalized spacial score (nSPS) is 14.0. The second kappa shape index (κ2) is 7.42. The Hall–Kier alpha value is -2.76. The average Bonchev–Trinajstić information content (AvgIpc) is 2.89. The summed E-state index contributed by atoms with van der Waals surface area (Å²) < 4.78 is 6.85. The highest BCUT2D eigenvalue weighted by atomic mass is 16.5. The number of urea groups is 1. The van der Waals surface area contributed by atoms with Crippen molar-refractivity contribution in [1.29, 1.82) is 0 Å². The van der Waals surface area contributed by atoms with Crippen molar-refractivity contribution >= 4 is 23.1 Å². The van der Waals surface area contributed by atoms with Crippen LogP contribution in [0.25, 0.3) is 5.57 Å². The zero-order chi connectivity index (χ0) is 17.8. The second-order valence-electron chi connectivity index (χ2n) is 6.22. The number of benzene rings is 1. The Bertz CT molecular complexity index is 791. The van der Waals surface area contributed by atoms with Crippen LogP contribution in [0.1, 0.15) is 36.9 Å². The molecule has 6 nitrogen and oxygen atoms in total. The number of aromatic nitrogens is 2. The van der Waals surface area contributed by atoms with E-state index >= 15 is 0 Å². The van der Waals surface area contributed by atoms with E-state index in [-0.39, 0.29) is 6.03 Å². The van der Waals surface area contributed by atoms with E-state index in [2.05, 4.69) is 21.8 Å². The maximum absolute atomic E-state index is 12.4. The quantitative estimate of drug-likeness (QED) is 0.870. The van der Waals surface area contributed by atoms with Crippen LogP contribution < -0.4 is 15.4 Å². The molecular formula is C19H24N4O2. The first kappa shape index (κ1) is 17.1. The average molecular weight is 340 g/mol. The molecule has 0 saturated carbocycles. The number of carbonyl (C=O) groups is 1. The highest BCUT2D eigenvalue weighted by Crippen LogP contribution is 2.33. The van der Waals surface area contributed by atoms with E-state index in [1.165, 1.54) is 18.4 Å². The van der Waals surface area contributed by atoms with Gasteiger partial charge in [-0.1, -0.05) is 6.08 Å². The van der Waals surface area contributed by atoms with Gasteiger partial charge in [0.05, 0.1) is 12.8 Å². The molecule has 2 amide bonds. The Morgan fingerprint density at radius 3 is 2.60 bits per heavy atom. The lowest BCUT2D eigenvalue weighted by Crippen LogP contribution is -2.21. The number of amides is 2. The smallest absolute Gasteiger partial charge is 0.324 e. The molecule has 0 spiro atoms. The van der Waals surface area contributed by atoms with Crippen LogP contribution in [-0.4, -0.2) is 22.9 Å². The van der Waals surface area contributed by atoms with Crippen LogP contribution in [0.5, 0.6) is 5.75 Å². The molecular weight excluding hydrogens is 316 g/mol. The van der Waals surface area contributed by atoms with Crippen LogP contribution >= 0.6 is 0 Å². The van der Waals surface area contributed by atoms with Crippen LogP contribution in [0, 0.1) is 6.92 Å². The first-order valence-electron chi connectivity index (χ1n) is 8.53. The molecule has 6 heteroatoms. The summed E-state index contributed by atoms with van der Waals surface area (Å²) in [4.78, 5) is 12.4. The number of rotatable bonds is 4. The minimum atomic E-state index is -0.286. The van der Waals surface area contributed by atoms with E-state index in [0.29, 0.717) is 5.69 Å². The summed E-state index contributed by atoms with van der Waals surface area (Å²) in [5, 5.41) is 10.3. The molecule has 1 aliphatic carbocycles. The van der Waals surface area contributed by atoms with Gasteiger partial charge in [0, 0.05) is 18.3 Å². The summed E-state index contributed by atoms with van der Waals surface area (Å²) in [5.41, 5.74) is 3.97. The van der Waals surface area contributed by atoms with Gasteiger partial charge in [-0.15, -0.1) is 0 Å². The predicted octanol–water partition coefficient (Wildman–Crippen LogP) is 4.34. The largest absolute Gasteiger partial charge is 0.497 e. The Morgan fingerprint density at radius 2 is 1.96 bits per heavy atom. The summed E-state index contributed by atoms with van der Waals surface area (Å²) >= 11 is 0. The van der Waals surface area contributed by atoms with Crippen molar-refractivity contribution in [2.45, 2.75) is 32.6 Å². The molecule has 2 aromatic rings. The lowest BCUT2D eigenvalue weighted by Gasteiger charge is -2.15. The topological polar surface area (TPSA) is 68.2 Å². The van der Waals surface area contributed by atoms with Crippen molar-refractivity contribution in [2.24, 2.45) is 7.05 Å². The second-order valence-corrected chi connectivity index (χ2v) is 6.22. The van der Waals surface area contributed by atoms with Crippen molar-refractivity contribution in [3.8, 4) is 5.75 Å². The van der Waals surface area contributed by atoms with Gasteiger partial charge in [-0.05, 0) is 62.4 Å². The maximum Gasteiger partial charge on any atom is 0.324 e. The number of ether oxygens (including phenoxy) is 1. The molecule has 2 N–H and O–H groups in total. The van der Waals surface area contributed by atoms with Gasteiger partial charge in [0.25, 0.3) is 0 Å². The van der Waals surface area contributed by atoms with E-state index in [4.69, 9.17) is 4.74 Å². The third-order valence-corrected chi connectivity index (χ3v) is 4.41. The molecule has 1 aromatic heterocycles. The predicted molar refractivity (Wildman–Crippen MR) is 100 cm³/mol. The summed E-state index contributed by atoms with van der Waals surface area (Å²) in [7, 11) is 3.46. The SMILES string of the molecule is COc1ccc(NC(=O)Nc2c(C3=CCCCC3)c(C)nn2C)cc1. The molecule has 3 rings (SSSR count). The molecule has 1 aliphatic rings. The number of anilines is 2. The van der Waals surface area contributed by atoms with E-state index in [0.717, 1.165) is 35.7 Å². The molecule has 0 radical (unpaired) electrons. The number of hydrogen-bond acceptors (Lipinski definition) is 3. The molecule has 132 valence electrons. The van der Waals surface area contributed by atoms with Crippen molar-refractivity contribution in [2.75, 3.05) is 17.7 Å². The zero-order valence-electron chi connectivity index (χ0n) is 14.9. The molecule has 0 saturated heterocycles. The van der Waals surface area contributed by atoms with Gasteiger partial charge in [-0.3, -0.25) is 10.00 Å². The third kappa shape index (κ3) is 3.84. The summed E-state index contributed by atoms with van der Waals surface area (Å²) in [6.45, 7) is 1.98. The summed E-state index contributed by atoms with van der Waals surface area (Å²) in [6.07, 6.45) is 6.78. The highest BCUT2D eigenvalue weighted by Gasteiger charge is 2.20. The van der Waals surface area contributed by atoms with E-state index in [9.17, 15) is 4.79 Å². The zero-order valence-corrected chi connectivity index (χ0v) is 14.9. The van der Waals surface area contributed by atoms with Gasteiger partial charge in [0.15, 0.2) is 0 Å². The van der Waals surface area contributed by atoms with Crippen molar-refractivity contribution in [3.63, 3.8) is 0 Å². The van der Waals surface area contributed by atoms with E-state index in [1.807, 2.05) is 26.1 Å². The molecule has 0 fully saturated rings. The standard InChI is InChI=1S/C19H24N4O2/c1-13-17(14-7-5-4-6-8-14)18(23(2)22-13)21-19(24)20-15-9-11-16(25-3)12-10-15/h7,9-12H,4-6,8H2,1-3H3,(H2,20,21,24). The molecule has 0 aliphatic heterocycles. The number of hydrogen-bond donors (Lipinski definition) is 2. The number of aryl methyl sites for hydroxylation is 2. The first-order valence-corrected chi connectivity index (χ1v) is 8.53. The lowest BCUT2D eigenvalue weighted by atomic mass is 9.93. The number of carbonyl (C=O) groups excluding carboxylic acids is 1. The maximum atomic E-state index is 12.4. The first-order chi connectivity index (χ1) is 12.1. The molecule has 1 aromatic carbocycles. The number of nitrogens with zero attached hydrogens (tertiary/aromatic N) is 2. The van der Waals surface area contributed by atoms with Gasteiger partial charge in [0.1, 0.15) is 11.6 Å². The molecule has 25 heavy (non-hydrogen) atoms. The number of methoxy groups -OCH3 is 1. The highest BCUT2D eigenvalue weighted by molar-refractivity contribution is 6.01. The lowest BCUT2D eigenvalue weighted by molar-refractivity contribution is 0.262. The van der Waals surface area contributed by atoms with Crippen LogP contribution in [0.2, 0.25) is 0 Å². The monoisotopic (exact) mass is 340 g/mol. The fraction of sp³-hybridized carbons (Fsp3) is 0.368. The van der Waals surface area contributed by atoms with Gasteiger partial charge >= 0.3 is 6.03 Å². The van der Waals surface area contributed by atoms with Gasteiger partial charge in [-0.2, -0.15) is 5.10 Å². The van der Waals surface area contributed by atoms with Crippen molar-refractivity contribution in [1.82, 2.24) is 9.78 Å². The number of nitrogens with one attached hydrogen (secondary N) is 2. The Labute approximate surface area is 147 Å².